The molecule has 6 heteroatoms. The number of carbonyl (C=O) groups is 1. The van der Waals surface area contributed by atoms with Crippen LogP contribution in [0.5, 0.6) is 5.75 Å². The van der Waals surface area contributed by atoms with Crippen LogP contribution in [0.25, 0.3) is 0 Å². The van der Waals surface area contributed by atoms with Gasteiger partial charge in [-0.3, -0.25) is 4.79 Å². The fourth-order valence-electron chi connectivity index (χ4n) is 3.41. The van der Waals surface area contributed by atoms with Gasteiger partial charge >= 0.3 is 0 Å². The number of ether oxygens (including phenoxy) is 2. The van der Waals surface area contributed by atoms with Gasteiger partial charge in [-0.05, 0) is 50.1 Å². The average molecular weight is 389 g/mol. The number of carbonyl (C=O) groups excluding carboxylic acids is 1. The highest BCUT2D eigenvalue weighted by Gasteiger charge is 2.17. The Bertz CT molecular complexity index is 809. The number of hydrogen-bond acceptors (Lipinski definition) is 4. The van der Waals surface area contributed by atoms with Crippen molar-refractivity contribution in [3.8, 4) is 5.75 Å². The summed E-state index contributed by atoms with van der Waals surface area (Å²) in [6.45, 7) is 8.87. The standard InChI is InChI=1S/C21H25ClN2O3/c1-14-10-15(2)21(16(3)11-14)27-13-20(25)23-18-12-17(22)4-5-19(18)24-6-8-26-9-7-24/h4-5,10-12H,6-9,13H2,1-3H3,(H,23,25). The summed E-state index contributed by atoms with van der Waals surface area (Å²) in [5.74, 6) is 0.543. The van der Waals surface area contributed by atoms with E-state index in [1.807, 2.05) is 45.0 Å². The van der Waals surface area contributed by atoms with Crippen LogP contribution in [0.15, 0.2) is 30.3 Å². The van der Waals surface area contributed by atoms with Gasteiger partial charge in [0.2, 0.25) is 0 Å². The molecule has 144 valence electrons. The van der Waals surface area contributed by atoms with Crippen molar-refractivity contribution >= 4 is 28.9 Å². The second kappa shape index (κ2) is 8.63. The van der Waals surface area contributed by atoms with Gasteiger partial charge in [0.05, 0.1) is 24.6 Å². The summed E-state index contributed by atoms with van der Waals surface area (Å²) in [6.07, 6.45) is 0. The van der Waals surface area contributed by atoms with E-state index < -0.39 is 0 Å². The molecular weight excluding hydrogens is 364 g/mol. The van der Waals surface area contributed by atoms with E-state index in [2.05, 4.69) is 10.2 Å². The molecule has 3 rings (SSSR count). The van der Waals surface area contributed by atoms with Crippen LogP contribution >= 0.6 is 11.6 Å². The zero-order valence-electron chi connectivity index (χ0n) is 16.0. The predicted molar refractivity (Wildman–Crippen MR) is 109 cm³/mol. The highest BCUT2D eigenvalue weighted by atomic mass is 35.5. The molecule has 2 aromatic rings. The lowest BCUT2D eigenvalue weighted by atomic mass is 10.1. The number of anilines is 2. The molecule has 0 aliphatic carbocycles. The largest absolute Gasteiger partial charge is 0.483 e. The molecule has 1 heterocycles. The van der Waals surface area contributed by atoms with Crippen LogP contribution in [0, 0.1) is 20.8 Å². The molecule has 1 aliphatic rings. The van der Waals surface area contributed by atoms with Crippen molar-refractivity contribution in [1.29, 1.82) is 0 Å². The molecule has 5 nitrogen and oxygen atoms in total. The number of hydrogen-bond donors (Lipinski definition) is 1. The Labute approximate surface area is 165 Å². The first-order valence-corrected chi connectivity index (χ1v) is 9.44. The molecular formula is C21H25ClN2O3. The summed E-state index contributed by atoms with van der Waals surface area (Å²) in [5.41, 5.74) is 4.86. The minimum atomic E-state index is -0.217. The summed E-state index contributed by atoms with van der Waals surface area (Å²) >= 11 is 6.14. The van der Waals surface area contributed by atoms with Gasteiger partial charge in [0.25, 0.3) is 5.91 Å². The lowest BCUT2D eigenvalue weighted by Crippen LogP contribution is -2.37. The molecule has 1 fully saturated rings. The van der Waals surface area contributed by atoms with Crippen molar-refractivity contribution in [2.45, 2.75) is 20.8 Å². The van der Waals surface area contributed by atoms with Gasteiger partial charge in [-0.1, -0.05) is 29.3 Å². The molecule has 0 saturated carbocycles. The van der Waals surface area contributed by atoms with E-state index in [0.29, 0.717) is 23.9 Å². The second-order valence-corrected chi connectivity index (χ2v) is 7.26. The molecule has 0 aromatic heterocycles. The Morgan fingerprint density at radius 2 is 1.81 bits per heavy atom. The van der Waals surface area contributed by atoms with Gasteiger partial charge in [-0.2, -0.15) is 0 Å². The summed E-state index contributed by atoms with van der Waals surface area (Å²) in [5, 5.41) is 3.52. The third-order valence-electron chi connectivity index (χ3n) is 4.54. The number of halogens is 1. The number of aryl methyl sites for hydroxylation is 3. The van der Waals surface area contributed by atoms with Gasteiger partial charge in [0.1, 0.15) is 5.75 Å². The van der Waals surface area contributed by atoms with Crippen LogP contribution < -0.4 is 15.0 Å². The monoisotopic (exact) mass is 388 g/mol. The summed E-state index contributed by atoms with van der Waals surface area (Å²) < 4.78 is 11.2. The maximum absolute atomic E-state index is 12.5. The zero-order chi connectivity index (χ0) is 19.4. The number of rotatable bonds is 5. The topological polar surface area (TPSA) is 50.8 Å². The molecule has 2 aromatic carbocycles. The molecule has 0 atom stereocenters. The SMILES string of the molecule is Cc1cc(C)c(OCC(=O)Nc2cc(Cl)ccc2N2CCOCC2)c(C)c1. The van der Waals surface area contributed by atoms with Crippen molar-refractivity contribution in [3.63, 3.8) is 0 Å². The Balaban J connectivity index is 1.70. The normalized spacial score (nSPS) is 14.1. The van der Waals surface area contributed by atoms with E-state index in [1.165, 1.54) is 5.56 Å². The van der Waals surface area contributed by atoms with Crippen molar-refractivity contribution < 1.29 is 14.3 Å². The smallest absolute Gasteiger partial charge is 0.262 e. The average Bonchev–Trinajstić information content (AvgIpc) is 2.61. The van der Waals surface area contributed by atoms with Gasteiger partial charge in [0.15, 0.2) is 6.61 Å². The quantitative estimate of drug-likeness (QED) is 0.837. The number of nitrogens with one attached hydrogen (secondary N) is 1. The Morgan fingerprint density at radius 3 is 2.48 bits per heavy atom. The summed E-state index contributed by atoms with van der Waals surface area (Å²) in [4.78, 5) is 14.7. The van der Waals surface area contributed by atoms with Crippen LogP contribution in [0.3, 0.4) is 0 Å². The highest BCUT2D eigenvalue weighted by Crippen LogP contribution is 2.30. The Hall–Kier alpha value is -2.24. The predicted octanol–water partition coefficient (Wildman–Crippen LogP) is 4.12. The third kappa shape index (κ3) is 4.93. The van der Waals surface area contributed by atoms with Crippen molar-refractivity contribution in [3.05, 3.63) is 52.0 Å². The number of nitrogens with zero attached hydrogens (tertiary/aromatic N) is 1. The lowest BCUT2D eigenvalue weighted by molar-refractivity contribution is -0.118. The number of benzene rings is 2. The van der Waals surface area contributed by atoms with E-state index in [-0.39, 0.29) is 12.5 Å². The molecule has 0 radical (unpaired) electrons. The van der Waals surface area contributed by atoms with Gasteiger partial charge in [0, 0.05) is 18.1 Å². The zero-order valence-corrected chi connectivity index (χ0v) is 16.7. The number of amides is 1. The van der Waals surface area contributed by atoms with Gasteiger partial charge < -0.3 is 19.7 Å². The van der Waals surface area contributed by atoms with E-state index in [9.17, 15) is 4.79 Å². The van der Waals surface area contributed by atoms with Crippen molar-refractivity contribution in [2.24, 2.45) is 0 Å². The van der Waals surface area contributed by atoms with Crippen LogP contribution in [0.2, 0.25) is 5.02 Å². The molecule has 1 N–H and O–H groups in total. The van der Waals surface area contributed by atoms with Gasteiger partial charge in [-0.15, -0.1) is 0 Å². The van der Waals surface area contributed by atoms with Gasteiger partial charge in [-0.25, -0.2) is 0 Å². The highest BCUT2D eigenvalue weighted by molar-refractivity contribution is 6.31. The molecule has 0 bridgehead atoms. The molecule has 0 unspecified atom stereocenters. The van der Waals surface area contributed by atoms with Crippen LogP contribution in [0.4, 0.5) is 11.4 Å². The van der Waals surface area contributed by atoms with Crippen LogP contribution in [-0.2, 0) is 9.53 Å². The van der Waals surface area contributed by atoms with E-state index in [4.69, 9.17) is 21.1 Å². The maximum atomic E-state index is 12.5. The second-order valence-electron chi connectivity index (χ2n) is 6.83. The summed E-state index contributed by atoms with van der Waals surface area (Å²) in [6, 6.07) is 9.63. The first-order chi connectivity index (χ1) is 12.9. The van der Waals surface area contributed by atoms with Crippen molar-refractivity contribution in [1.82, 2.24) is 0 Å². The fraction of sp³-hybridized carbons (Fsp3) is 0.381. The van der Waals surface area contributed by atoms with Crippen molar-refractivity contribution in [2.75, 3.05) is 43.1 Å². The third-order valence-corrected chi connectivity index (χ3v) is 4.77. The lowest BCUT2D eigenvalue weighted by Gasteiger charge is -2.30. The first kappa shape index (κ1) is 19.5. The maximum Gasteiger partial charge on any atom is 0.262 e. The molecule has 0 spiro atoms. The van der Waals surface area contributed by atoms with E-state index in [1.54, 1.807) is 6.07 Å². The van der Waals surface area contributed by atoms with E-state index in [0.717, 1.165) is 35.7 Å². The molecule has 1 amide bonds. The first-order valence-electron chi connectivity index (χ1n) is 9.07. The fourth-order valence-corrected chi connectivity index (χ4v) is 3.58. The minimum absolute atomic E-state index is 0.0557. The van der Waals surface area contributed by atoms with Crippen LogP contribution in [-0.4, -0.2) is 38.8 Å². The molecule has 1 saturated heterocycles. The Morgan fingerprint density at radius 1 is 1.15 bits per heavy atom. The Kier molecular flexibility index (Phi) is 6.24. The molecule has 27 heavy (non-hydrogen) atoms. The summed E-state index contributed by atoms with van der Waals surface area (Å²) in [7, 11) is 0. The van der Waals surface area contributed by atoms with Crippen LogP contribution in [0.1, 0.15) is 16.7 Å². The van der Waals surface area contributed by atoms with E-state index >= 15 is 0 Å². The number of morpholine rings is 1. The minimum Gasteiger partial charge on any atom is -0.483 e. The molecule has 1 aliphatic heterocycles.